The Kier molecular flexibility index (Phi) is 3.65. The Bertz CT molecular complexity index is 417. The van der Waals surface area contributed by atoms with Gasteiger partial charge in [-0.3, -0.25) is 4.79 Å². The first-order valence-corrected chi connectivity index (χ1v) is 7.08. The van der Waals surface area contributed by atoms with E-state index >= 15 is 0 Å². The fourth-order valence-electron chi connectivity index (χ4n) is 3.45. The lowest BCUT2D eigenvalue weighted by Gasteiger charge is -2.43. The predicted molar refractivity (Wildman–Crippen MR) is 73.2 cm³/mol. The molecule has 0 saturated heterocycles. The number of carbonyl (C=O) groups excluding carboxylic acids is 1. The van der Waals surface area contributed by atoms with Gasteiger partial charge >= 0.3 is 0 Å². The molecular weight excluding hydrogens is 224 g/mol. The van der Waals surface area contributed by atoms with Gasteiger partial charge in [-0.25, -0.2) is 0 Å². The Hall–Kier alpha value is -1.05. The van der Waals surface area contributed by atoms with E-state index in [0.717, 1.165) is 37.0 Å². The van der Waals surface area contributed by atoms with Gasteiger partial charge in [-0.1, -0.05) is 20.3 Å². The number of ether oxygens (including phenoxy) is 1. The van der Waals surface area contributed by atoms with Crippen molar-refractivity contribution in [2.45, 2.75) is 52.9 Å². The highest BCUT2D eigenvalue weighted by Crippen LogP contribution is 2.51. The van der Waals surface area contributed by atoms with Crippen LogP contribution in [0.4, 0.5) is 0 Å². The normalized spacial score (nSPS) is 32.1. The van der Waals surface area contributed by atoms with Gasteiger partial charge in [0.2, 0.25) is 0 Å². The summed E-state index contributed by atoms with van der Waals surface area (Å²) in [6.45, 7) is 6.45. The lowest BCUT2D eigenvalue weighted by Crippen LogP contribution is -2.42. The average Bonchev–Trinajstić information content (AvgIpc) is 2.36. The van der Waals surface area contributed by atoms with Crippen LogP contribution in [0.5, 0.6) is 0 Å². The van der Waals surface area contributed by atoms with Crippen molar-refractivity contribution in [3.63, 3.8) is 0 Å². The summed E-state index contributed by atoms with van der Waals surface area (Å²) in [4.78, 5) is 12.8. The number of rotatable bonds is 3. The molecule has 0 aliphatic heterocycles. The second kappa shape index (κ2) is 4.91. The second-order valence-electron chi connectivity index (χ2n) is 5.79. The van der Waals surface area contributed by atoms with E-state index < -0.39 is 0 Å². The van der Waals surface area contributed by atoms with Gasteiger partial charge in [0.1, 0.15) is 5.76 Å². The minimum atomic E-state index is -0.317. The van der Waals surface area contributed by atoms with Gasteiger partial charge in [-0.15, -0.1) is 0 Å². The molecule has 0 unspecified atom stereocenters. The van der Waals surface area contributed by atoms with Gasteiger partial charge in [0.05, 0.1) is 12.5 Å². The maximum Gasteiger partial charge on any atom is 0.169 e. The molecule has 0 aromatic rings. The molecule has 2 aliphatic rings. The van der Waals surface area contributed by atoms with Crippen molar-refractivity contribution in [3.8, 4) is 0 Å². The minimum absolute atomic E-state index is 0.317. The van der Waals surface area contributed by atoms with Crippen molar-refractivity contribution >= 4 is 5.78 Å². The maximum atomic E-state index is 12.8. The van der Waals surface area contributed by atoms with Crippen LogP contribution in [0, 0.1) is 11.3 Å². The maximum absolute atomic E-state index is 12.8. The SMILES string of the molecule is CCCC1=CC(OC)=C2CCC[C@@H](C)[C@]2(C)C1=O. The van der Waals surface area contributed by atoms with Crippen molar-refractivity contribution in [2.75, 3.05) is 7.11 Å². The fraction of sp³-hybridized carbons (Fsp3) is 0.688. The quantitative estimate of drug-likeness (QED) is 0.754. The molecule has 2 heteroatoms. The standard InChI is InChI=1S/C16H24O2/c1-5-7-12-10-14(18-4)13-9-6-8-11(2)16(13,3)15(12)17/h10-11H,5-9H2,1-4H3/t11-,16+/m1/s1. The highest BCUT2D eigenvalue weighted by Gasteiger charge is 2.48. The van der Waals surface area contributed by atoms with Crippen LogP contribution in [0.25, 0.3) is 0 Å². The molecule has 0 amide bonds. The van der Waals surface area contributed by atoms with E-state index in [1.807, 2.05) is 6.08 Å². The van der Waals surface area contributed by atoms with Crippen LogP contribution in [-0.4, -0.2) is 12.9 Å². The predicted octanol–water partition coefficient (Wildman–Crippen LogP) is 4.02. The molecule has 0 spiro atoms. The third-order valence-corrected chi connectivity index (χ3v) is 4.78. The minimum Gasteiger partial charge on any atom is -0.497 e. The zero-order valence-electron chi connectivity index (χ0n) is 12.0. The van der Waals surface area contributed by atoms with Crippen LogP contribution in [0.1, 0.15) is 52.9 Å². The van der Waals surface area contributed by atoms with E-state index in [1.165, 1.54) is 12.0 Å². The van der Waals surface area contributed by atoms with Crippen LogP contribution in [-0.2, 0) is 9.53 Å². The Morgan fingerprint density at radius 3 is 2.83 bits per heavy atom. The third-order valence-electron chi connectivity index (χ3n) is 4.78. The van der Waals surface area contributed by atoms with Gasteiger partial charge in [-0.2, -0.15) is 0 Å². The third kappa shape index (κ3) is 1.82. The monoisotopic (exact) mass is 248 g/mol. The van der Waals surface area contributed by atoms with Crippen molar-refractivity contribution in [2.24, 2.45) is 11.3 Å². The molecule has 2 atom stereocenters. The summed E-state index contributed by atoms with van der Waals surface area (Å²) in [7, 11) is 1.72. The summed E-state index contributed by atoms with van der Waals surface area (Å²) in [6, 6.07) is 0. The molecule has 2 aliphatic carbocycles. The first kappa shape index (κ1) is 13.4. The zero-order chi connectivity index (χ0) is 13.3. The number of allylic oxidation sites excluding steroid dienone is 3. The van der Waals surface area contributed by atoms with Crippen molar-refractivity contribution in [1.29, 1.82) is 0 Å². The number of fused-ring (bicyclic) bond motifs is 1. The van der Waals surface area contributed by atoms with Gasteiger partial charge in [0.25, 0.3) is 0 Å². The zero-order valence-corrected chi connectivity index (χ0v) is 12.0. The van der Waals surface area contributed by atoms with Gasteiger partial charge in [0, 0.05) is 0 Å². The lowest BCUT2D eigenvalue weighted by molar-refractivity contribution is -0.126. The summed E-state index contributed by atoms with van der Waals surface area (Å²) in [6.07, 6.45) is 7.17. The van der Waals surface area contributed by atoms with E-state index in [0.29, 0.717) is 11.7 Å². The Balaban J connectivity index is 2.52. The van der Waals surface area contributed by atoms with Crippen LogP contribution < -0.4 is 0 Å². The number of carbonyl (C=O) groups is 1. The number of hydrogen-bond donors (Lipinski definition) is 0. The largest absolute Gasteiger partial charge is 0.497 e. The average molecular weight is 248 g/mol. The lowest BCUT2D eigenvalue weighted by atomic mass is 9.59. The van der Waals surface area contributed by atoms with E-state index in [4.69, 9.17) is 4.74 Å². The topological polar surface area (TPSA) is 26.3 Å². The smallest absolute Gasteiger partial charge is 0.169 e. The summed E-state index contributed by atoms with van der Waals surface area (Å²) < 4.78 is 5.55. The molecule has 0 bridgehead atoms. The molecule has 0 aromatic heterocycles. The molecule has 1 fully saturated rings. The Morgan fingerprint density at radius 1 is 1.50 bits per heavy atom. The Morgan fingerprint density at radius 2 is 2.22 bits per heavy atom. The number of hydrogen-bond acceptors (Lipinski definition) is 2. The summed E-state index contributed by atoms with van der Waals surface area (Å²) in [5, 5.41) is 0. The fourth-order valence-corrected chi connectivity index (χ4v) is 3.45. The highest BCUT2D eigenvalue weighted by molar-refractivity contribution is 6.03. The first-order valence-electron chi connectivity index (χ1n) is 7.08. The number of methoxy groups -OCH3 is 1. The summed E-state index contributed by atoms with van der Waals surface area (Å²) in [5.74, 6) is 1.71. The van der Waals surface area contributed by atoms with Crippen LogP contribution in [0.2, 0.25) is 0 Å². The van der Waals surface area contributed by atoms with Crippen molar-refractivity contribution in [3.05, 3.63) is 23.0 Å². The molecular formula is C16H24O2. The molecule has 0 aromatic carbocycles. The Labute approximate surface area is 110 Å². The van der Waals surface area contributed by atoms with E-state index in [1.54, 1.807) is 7.11 Å². The molecule has 0 heterocycles. The van der Waals surface area contributed by atoms with Crippen molar-refractivity contribution in [1.82, 2.24) is 0 Å². The molecule has 2 nitrogen and oxygen atoms in total. The van der Waals surface area contributed by atoms with Gasteiger partial charge < -0.3 is 4.74 Å². The van der Waals surface area contributed by atoms with E-state index in [9.17, 15) is 4.79 Å². The second-order valence-corrected chi connectivity index (χ2v) is 5.79. The van der Waals surface area contributed by atoms with Crippen LogP contribution >= 0.6 is 0 Å². The van der Waals surface area contributed by atoms with E-state index in [2.05, 4.69) is 20.8 Å². The number of Topliss-reactive ketones (excluding diaryl/α,β-unsaturated/α-hetero) is 1. The number of ketones is 1. The van der Waals surface area contributed by atoms with Gasteiger partial charge in [0.15, 0.2) is 5.78 Å². The molecule has 0 radical (unpaired) electrons. The molecule has 1 saturated carbocycles. The molecule has 100 valence electrons. The highest BCUT2D eigenvalue weighted by atomic mass is 16.5. The van der Waals surface area contributed by atoms with Crippen LogP contribution in [0.15, 0.2) is 23.0 Å². The summed E-state index contributed by atoms with van der Waals surface area (Å²) in [5.41, 5.74) is 1.87. The van der Waals surface area contributed by atoms with Crippen molar-refractivity contribution < 1.29 is 9.53 Å². The van der Waals surface area contributed by atoms with E-state index in [-0.39, 0.29) is 5.41 Å². The molecule has 0 N–H and O–H groups in total. The van der Waals surface area contributed by atoms with Gasteiger partial charge in [-0.05, 0) is 55.7 Å². The first-order chi connectivity index (χ1) is 8.55. The van der Waals surface area contributed by atoms with Crippen LogP contribution in [0.3, 0.4) is 0 Å². The molecule has 2 rings (SSSR count). The summed E-state index contributed by atoms with van der Waals surface area (Å²) >= 11 is 0. The molecule has 18 heavy (non-hydrogen) atoms.